The van der Waals surface area contributed by atoms with Crippen molar-refractivity contribution in [2.24, 2.45) is 0 Å². The summed E-state index contributed by atoms with van der Waals surface area (Å²) in [5.74, 6) is -1.15. The van der Waals surface area contributed by atoms with Gasteiger partial charge < -0.3 is 14.8 Å². The number of aromatic amines is 1. The number of carbonyl (C=O) groups excluding carboxylic acids is 3. The quantitative estimate of drug-likeness (QED) is 0.373. The van der Waals surface area contributed by atoms with Crippen molar-refractivity contribution in [1.82, 2.24) is 19.8 Å². The maximum absolute atomic E-state index is 13.2. The number of amides is 2. The Labute approximate surface area is 194 Å². The van der Waals surface area contributed by atoms with Crippen molar-refractivity contribution in [2.45, 2.75) is 6.92 Å². The zero-order valence-corrected chi connectivity index (χ0v) is 18.9. The SMILES string of the molecule is Cc1cnc(-c2cccs2)c2[nH]cc(C(=O)C(=O)N3CCN(C(=O)c4ccccc4)CC3)c12. The first-order valence-corrected chi connectivity index (χ1v) is 11.6. The molecule has 166 valence electrons. The molecule has 1 fully saturated rings. The number of aromatic nitrogens is 2. The molecule has 0 saturated carbocycles. The van der Waals surface area contributed by atoms with Crippen LogP contribution in [0.1, 0.15) is 26.3 Å². The molecular formula is C25H22N4O3S. The zero-order chi connectivity index (χ0) is 22.9. The standard InChI is InChI=1S/C25H22N4O3S/c1-16-14-26-21(19-8-5-13-33-19)22-20(16)18(15-27-22)23(30)25(32)29-11-9-28(10-12-29)24(31)17-6-3-2-4-7-17/h2-8,13-15,27H,9-12H2,1H3. The highest BCUT2D eigenvalue weighted by atomic mass is 32.1. The Morgan fingerprint density at radius 3 is 2.39 bits per heavy atom. The second-order valence-corrected chi connectivity index (χ2v) is 8.95. The number of Topliss-reactive ketones (excluding diaryl/α,β-unsaturated/α-hetero) is 1. The second kappa shape index (κ2) is 8.63. The predicted molar refractivity (Wildman–Crippen MR) is 127 cm³/mol. The lowest BCUT2D eigenvalue weighted by Crippen LogP contribution is -2.52. The molecule has 0 spiro atoms. The largest absolute Gasteiger partial charge is 0.359 e. The van der Waals surface area contributed by atoms with Gasteiger partial charge in [0.05, 0.1) is 16.0 Å². The Bertz CT molecular complexity index is 1340. The molecule has 0 bridgehead atoms. The molecule has 0 radical (unpaired) electrons. The average molecular weight is 459 g/mol. The maximum atomic E-state index is 13.2. The highest BCUT2D eigenvalue weighted by molar-refractivity contribution is 7.13. The minimum Gasteiger partial charge on any atom is -0.359 e. The summed E-state index contributed by atoms with van der Waals surface area (Å²) in [7, 11) is 0. The zero-order valence-electron chi connectivity index (χ0n) is 18.1. The number of H-pyrrole nitrogens is 1. The molecule has 3 aromatic heterocycles. The molecule has 8 heteroatoms. The predicted octanol–water partition coefficient (Wildman–Crippen LogP) is 3.77. The number of nitrogens with zero attached hydrogens (tertiary/aromatic N) is 3. The molecule has 1 aromatic carbocycles. The molecule has 2 amide bonds. The van der Waals surface area contributed by atoms with Gasteiger partial charge in [-0.05, 0) is 36.1 Å². The molecular weight excluding hydrogens is 436 g/mol. The molecule has 7 nitrogen and oxygen atoms in total. The number of hydrogen-bond donors (Lipinski definition) is 1. The monoisotopic (exact) mass is 458 g/mol. The van der Waals surface area contributed by atoms with E-state index in [1.807, 2.05) is 42.6 Å². The fraction of sp³-hybridized carbons (Fsp3) is 0.200. The molecule has 4 heterocycles. The summed E-state index contributed by atoms with van der Waals surface area (Å²) in [6.45, 7) is 3.33. The van der Waals surface area contributed by atoms with Crippen LogP contribution in [0.2, 0.25) is 0 Å². The van der Waals surface area contributed by atoms with Gasteiger partial charge in [-0.15, -0.1) is 11.3 Å². The molecule has 0 aliphatic carbocycles. The summed E-state index contributed by atoms with van der Waals surface area (Å²) in [4.78, 5) is 50.9. The molecule has 1 aliphatic heterocycles. The van der Waals surface area contributed by atoms with Crippen LogP contribution >= 0.6 is 11.3 Å². The lowest BCUT2D eigenvalue weighted by molar-refractivity contribution is -0.127. The lowest BCUT2D eigenvalue weighted by atomic mass is 10.0. The van der Waals surface area contributed by atoms with Gasteiger partial charge in [-0.2, -0.15) is 0 Å². The molecule has 5 rings (SSSR count). The molecule has 1 N–H and O–H groups in total. The third-order valence-electron chi connectivity index (χ3n) is 5.97. The maximum Gasteiger partial charge on any atom is 0.295 e. The van der Waals surface area contributed by atoms with Gasteiger partial charge in [0.15, 0.2) is 0 Å². The third-order valence-corrected chi connectivity index (χ3v) is 6.84. The molecule has 0 unspecified atom stereocenters. The van der Waals surface area contributed by atoms with Crippen LogP contribution in [-0.2, 0) is 4.79 Å². The van der Waals surface area contributed by atoms with Crippen molar-refractivity contribution < 1.29 is 14.4 Å². The number of carbonyl (C=O) groups is 3. The number of fused-ring (bicyclic) bond motifs is 1. The average Bonchev–Trinajstić information content (AvgIpc) is 3.55. The number of hydrogen-bond acceptors (Lipinski definition) is 5. The van der Waals surface area contributed by atoms with Crippen LogP contribution in [0.3, 0.4) is 0 Å². The Morgan fingerprint density at radius 2 is 1.70 bits per heavy atom. The van der Waals surface area contributed by atoms with E-state index in [0.29, 0.717) is 37.3 Å². The first kappa shape index (κ1) is 21.1. The third kappa shape index (κ3) is 3.82. The molecule has 33 heavy (non-hydrogen) atoms. The van der Waals surface area contributed by atoms with Crippen LogP contribution in [0.25, 0.3) is 21.5 Å². The van der Waals surface area contributed by atoms with Gasteiger partial charge in [0.25, 0.3) is 17.6 Å². The van der Waals surface area contributed by atoms with Crippen LogP contribution in [0, 0.1) is 6.92 Å². The minimum atomic E-state index is -0.546. The minimum absolute atomic E-state index is 0.0603. The highest BCUT2D eigenvalue weighted by Gasteiger charge is 2.30. The van der Waals surface area contributed by atoms with Crippen LogP contribution in [0.5, 0.6) is 0 Å². The summed E-state index contributed by atoms with van der Waals surface area (Å²) in [6.07, 6.45) is 3.34. The molecule has 0 atom stereocenters. The smallest absolute Gasteiger partial charge is 0.295 e. The first-order valence-electron chi connectivity index (χ1n) is 10.7. The molecule has 1 saturated heterocycles. The normalized spacial score (nSPS) is 14.0. The van der Waals surface area contributed by atoms with E-state index in [1.165, 1.54) is 4.90 Å². The van der Waals surface area contributed by atoms with Gasteiger partial charge in [-0.3, -0.25) is 19.4 Å². The summed E-state index contributed by atoms with van der Waals surface area (Å²) < 4.78 is 0. The van der Waals surface area contributed by atoms with Crippen molar-refractivity contribution in [3.05, 3.63) is 76.9 Å². The molecule has 1 aliphatic rings. The summed E-state index contributed by atoms with van der Waals surface area (Å²) in [5, 5.41) is 2.70. The Morgan fingerprint density at radius 1 is 0.970 bits per heavy atom. The number of nitrogens with one attached hydrogen (secondary N) is 1. The van der Waals surface area contributed by atoms with Crippen LogP contribution in [0.15, 0.2) is 60.2 Å². The van der Waals surface area contributed by atoms with E-state index >= 15 is 0 Å². The fourth-order valence-electron chi connectivity index (χ4n) is 4.22. The van der Waals surface area contributed by atoms with Crippen molar-refractivity contribution in [3.8, 4) is 10.6 Å². The number of piperazine rings is 1. The van der Waals surface area contributed by atoms with E-state index < -0.39 is 11.7 Å². The van der Waals surface area contributed by atoms with E-state index in [2.05, 4.69) is 9.97 Å². The van der Waals surface area contributed by atoms with E-state index in [-0.39, 0.29) is 5.91 Å². The van der Waals surface area contributed by atoms with E-state index in [0.717, 1.165) is 27.0 Å². The summed E-state index contributed by atoms with van der Waals surface area (Å²) in [5.41, 5.74) is 3.34. The number of ketones is 1. The summed E-state index contributed by atoms with van der Waals surface area (Å²) in [6, 6.07) is 13.0. The van der Waals surface area contributed by atoms with Crippen molar-refractivity contribution in [2.75, 3.05) is 26.2 Å². The lowest BCUT2D eigenvalue weighted by Gasteiger charge is -2.34. The second-order valence-electron chi connectivity index (χ2n) is 8.00. The van der Waals surface area contributed by atoms with Gasteiger partial charge in [-0.1, -0.05) is 24.3 Å². The van der Waals surface area contributed by atoms with E-state index in [4.69, 9.17) is 0 Å². The van der Waals surface area contributed by atoms with E-state index in [9.17, 15) is 14.4 Å². The van der Waals surface area contributed by atoms with Gasteiger partial charge in [-0.25, -0.2) is 0 Å². The van der Waals surface area contributed by atoms with Crippen molar-refractivity contribution in [3.63, 3.8) is 0 Å². The number of benzene rings is 1. The molecule has 4 aromatic rings. The van der Waals surface area contributed by atoms with Crippen molar-refractivity contribution >= 4 is 39.8 Å². The Balaban J connectivity index is 1.34. The summed E-state index contributed by atoms with van der Waals surface area (Å²) >= 11 is 1.57. The van der Waals surface area contributed by atoms with Crippen LogP contribution in [-0.4, -0.2) is 63.5 Å². The first-order chi connectivity index (χ1) is 16.0. The van der Waals surface area contributed by atoms with Gasteiger partial charge in [0.1, 0.15) is 5.69 Å². The Kier molecular flexibility index (Phi) is 5.51. The number of pyridine rings is 1. The topological polar surface area (TPSA) is 86.4 Å². The van der Waals surface area contributed by atoms with Crippen LogP contribution in [0.4, 0.5) is 0 Å². The highest BCUT2D eigenvalue weighted by Crippen LogP contribution is 2.32. The van der Waals surface area contributed by atoms with E-state index in [1.54, 1.807) is 40.8 Å². The van der Waals surface area contributed by atoms with Gasteiger partial charge in [0, 0.05) is 49.5 Å². The van der Waals surface area contributed by atoms with Crippen LogP contribution < -0.4 is 0 Å². The van der Waals surface area contributed by atoms with Crippen molar-refractivity contribution in [1.29, 1.82) is 0 Å². The number of thiophene rings is 1. The van der Waals surface area contributed by atoms with Gasteiger partial charge in [0.2, 0.25) is 0 Å². The Hall–Kier alpha value is -3.78. The number of rotatable bonds is 4. The number of aryl methyl sites for hydroxylation is 1. The fourth-order valence-corrected chi connectivity index (χ4v) is 4.95. The van der Waals surface area contributed by atoms with Gasteiger partial charge >= 0.3 is 0 Å².